The van der Waals surface area contributed by atoms with Gasteiger partial charge < -0.3 is 10.7 Å². The van der Waals surface area contributed by atoms with Gasteiger partial charge in [-0.1, -0.05) is 0 Å². The second-order valence-corrected chi connectivity index (χ2v) is 2.80. The fraction of sp³-hybridized carbons (Fsp3) is 0.100. The van der Waals surface area contributed by atoms with Crippen molar-refractivity contribution in [2.75, 3.05) is 5.32 Å². The standard InChI is InChI=1S/C10H9FN4/c1-7(13)10(11)6-15-8-2-3-14-9(4-8)5-12/h2-4,6,13H,1H3,(H,14,15)/b10-6+,13-7?. The number of hydrogen-bond donors (Lipinski definition) is 2. The largest absolute Gasteiger partial charge is 0.359 e. The molecule has 1 aromatic rings. The molecule has 2 N–H and O–H groups in total. The minimum absolute atomic E-state index is 0.155. The molecule has 0 radical (unpaired) electrons. The Bertz CT molecular complexity index is 445. The molecular formula is C10H9FN4. The monoisotopic (exact) mass is 204 g/mol. The smallest absolute Gasteiger partial charge is 0.159 e. The topological polar surface area (TPSA) is 72.6 Å². The lowest BCUT2D eigenvalue weighted by Crippen LogP contribution is -1.95. The van der Waals surface area contributed by atoms with Crippen molar-refractivity contribution in [3.8, 4) is 6.07 Å². The van der Waals surface area contributed by atoms with Gasteiger partial charge in [0.2, 0.25) is 0 Å². The number of nitriles is 1. The number of pyridine rings is 1. The average Bonchev–Trinajstić information content (AvgIpc) is 2.26. The van der Waals surface area contributed by atoms with Gasteiger partial charge in [-0.05, 0) is 19.1 Å². The molecule has 0 aliphatic heterocycles. The van der Waals surface area contributed by atoms with Crippen molar-refractivity contribution >= 4 is 11.4 Å². The Morgan fingerprint density at radius 2 is 2.47 bits per heavy atom. The lowest BCUT2D eigenvalue weighted by molar-refractivity contribution is 0.677. The highest BCUT2D eigenvalue weighted by Crippen LogP contribution is 2.08. The Balaban J connectivity index is 2.78. The van der Waals surface area contributed by atoms with E-state index in [-0.39, 0.29) is 11.4 Å². The van der Waals surface area contributed by atoms with Gasteiger partial charge in [-0.2, -0.15) is 5.26 Å². The summed E-state index contributed by atoms with van der Waals surface area (Å²) >= 11 is 0. The molecule has 1 aromatic heterocycles. The first kappa shape index (κ1) is 10.9. The molecule has 0 aliphatic carbocycles. The van der Waals surface area contributed by atoms with E-state index in [1.54, 1.807) is 6.07 Å². The molecule has 0 aliphatic rings. The van der Waals surface area contributed by atoms with E-state index >= 15 is 0 Å². The molecule has 76 valence electrons. The number of hydrogen-bond acceptors (Lipinski definition) is 4. The molecule has 4 nitrogen and oxygen atoms in total. The van der Waals surface area contributed by atoms with Crippen molar-refractivity contribution in [2.45, 2.75) is 6.92 Å². The maximum Gasteiger partial charge on any atom is 0.159 e. The number of aromatic nitrogens is 1. The first-order valence-corrected chi connectivity index (χ1v) is 4.17. The molecule has 0 aromatic carbocycles. The second kappa shape index (κ2) is 4.86. The molecule has 5 heteroatoms. The van der Waals surface area contributed by atoms with Crippen LogP contribution in [0.3, 0.4) is 0 Å². The fourth-order valence-electron chi connectivity index (χ4n) is 0.836. The van der Waals surface area contributed by atoms with Crippen molar-refractivity contribution < 1.29 is 4.39 Å². The highest BCUT2D eigenvalue weighted by Gasteiger charge is 1.97. The number of rotatable bonds is 3. The van der Waals surface area contributed by atoms with Crippen molar-refractivity contribution in [1.29, 1.82) is 10.7 Å². The van der Waals surface area contributed by atoms with E-state index in [9.17, 15) is 4.39 Å². The van der Waals surface area contributed by atoms with Crippen LogP contribution >= 0.6 is 0 Å². The van der Waals surface area contributed by atoms with Crippen molar-refractivity contribution in [1.82, 2.24) is 4.98 Å². The first-order chi connectivity index (χ1) is 7.13. The molecule has 0 bridgehead atoms. The van der Waals surface area contributed by atoms with Crippen LogP contribution in [0, 0.1) is 16.7 Å². The summed E-state index contributed by atoms with van der Waals surface area (Å²) in [4.78, 5) is 3.76. The minimum Gasteiger partial charge on any atom is -0.359 e. The normalized spacial score (nSPS) is 10.6. The number of anilines is 1. The number of halogens is 1. The Morgan fingerprint density at radius 3 is 3.07 bits per heavy atom. The van der Waals surface area contributed by atoms with Gasteiger partial charge in [0.05, 0.1) is 5.71 Å². The predicted octanol–water partition coefficient (Wildman–Crippen LogP) is 2.22. The van der Waals surface area contributed by atoms with E-state index in [0.29, 0.717) is 5.69 Å². The van der Waals surface area contributed by atoms with Gasteiger partial charge >= 0.3 is 0 Å². The molecule has 0 saturated heterocycles. The number of allylic oxidation sites excluding steroid dienone is 1. The highest BCUT2D eigenvalue weighted by molar-refractivity contribution is 5.93. The zero-order valence-corrected chi connectivity index (χ0v) is 8.08. The van der Waals surface area contributed by atoms with Crippen LogP contribution in [0.15, 0.2) is 30.4 Å². The van der Waals surface area contributed by atoms with E-state index in [4.69, 9.17) is 10.7 Å². The summed E-state index contributed by atoms with van der Waals surface area (Å²) in [6.07, 6.45) is 2.52. The van der Waals surface area contributed by atoms with Gasteiger partial charge in [-0.25, -0.2) is 9.37 Å². The lowest BCUT2D eigenvalue weighted by Gasteiger charge is -2.00. The molecule has 0 saturated carbocycles. The summed E-state index contributed by atoms with van der Waals surface area (Å²) in [5.41, 5.74) is 0.649. The maximum atomic E-state index is 12.9. The van der Waals surface area contributed by atoms with Crippen LogP contribution in [-0.2, 0) is 0 Å². The molecular weight excluding hydrogens is 195 g/mol. The summed E-state index contributed by atoms with van der Waals surface area (Å²) in [5, 5.41) is 18.2. The lowest BCUT2D eigenvalue weighted by atomic mass is 10.3. The second-order valence-electron chi connectivity index (χ2n) is 2.80. The van der Waals surface area contributed by atoms with Crippen LogP contribution < -0.4 is 5.32 Å². The van der Waals surface area contributed by atoms with Gasteiger partial charge in [0.15, 0.2) is 5.83 Å². The Hall–Kier alpha value is -2.22. The van der Waals surface area contributed by atoms with Crippen LogP contribution in [0.1, 0.15) is 12.6 Å². The van der Waals surface area contributed by atoms with E-state index in [0.717, 1.165) is 6.20 Å². The molecule has 0 spiro atoms. The van der Waals surface area contributed by atoms with E-state index in [1.165, 1.54) is 19.2 Å². The molecule has 0 fully saturated rings. The number of nitrogens with one attached hydrogen (secondary N) is 2. The minimum atomic E-state index is -0.648. The van der Waals surface area contributed by atoms with Gasteiger partial charge in [-0.15, -0.1) is 0 Å². The van der Waals surface area contributed by atoms with Gasteiger partial charge in [0, 0.05) is 18.1 Å². The Labute approximate surface area is 86.6 Å². The summed E-state index contributed by atoms with van der Waals surface area (Å²) in [6, 6.07) is 4.96. The van der Waals surface area contributed by atoms with Gasteiger partial charge in [-0.3, -0.25) is 0 Å². The zero-order valence-electron chi connectivity index (χ0n) is 8.08. The molecule has 15 heavy (non-hydrogen) atoms. The van der Waals surface area contributed by atoms with Crippen LogP contribution in [-0.4, -0.2) is 10.7 Å². The highest BCUT2D eigenvalue weighted by atomic mass is 19.1. The third kappa shape index (κ3) is 3.19. The van der Waals surface area contributed by atoms with Crippen molar-refractivity contribution in [3.63, 3.8) is 0 Å². The van der Waals surface area contributed by atoms with Crippen LogP contribution in [0.2, 0.25) is 0 Å². The first-order valence-electron chi connectivity index (χ1n) is 4.17. The fourth-order valence-corrected chi connectivity index (χ4v) is 0.836. The molecule has 1 heterocycles. The summed E-state index contributed by atoms with van der Waals surface area (Å²) in [6.45, 7) is 1.35. The maximum absolute atomic E-state index is 12.9. The molecule has 0 amide bonds. The summed E-state index contributed by atoms with van der Waals surface area (Å²) in [5.74, 6) is -0.648. The molecule has 1 rings (SSSR count). The third-order valence-electron chi connectivity index (χ3n) is 1.60. The third-order valence-corrected chi connectivity index (χ3v) is 1.60. The van der Waals surface area contributed by atoms with Crippen LogP contribution in [0.5, 0.6) is 0 Å². The van der Waals surface area contributed by atoms with Crippen LogP contribution in [0.25, 0.3) is 0 Å². The van der Waals surface area contributed by atoms with Crippen molar-refractivity contribution in [2.24, 2.45) is 0 Å². The van der Waals surface area contributed by atoms with Gasteiger partial charge in [0.25, 0.3) is 0 Å². The quantitative estimate of drug-likeness (QED) is 0.741. The van der Waals surface area contributed by atoms with Gasteiger partial charge in [0.1, 0.15) is 11.8 Å². The number of nitrogens with zero attached hydrogens (tertiary/aromatic N) is 2. The Morgan fingerprint density at radius 1 is 1.73 bits per heavy atom. The summed E-state index contributed by atoms with van der Waals surface area (Å²) < 4.78 is 12.9. The zero-order chi connectivity index (χ0) is 11.3. The molecule has 0 atom stereocenters. The van der Waals surface area contributed by atoms with E-state index < -0.39 is 5.83 Å². The predicted molar refractivity (Wildman–Crippen MR) is 55.2 cm³/mol. The SMILES string of the molecule is CC(=N)/C(F)=C\Nc1ccnc(C#N)c1. The van der Waals surface area contributed by atoms with E-state index in [1.807, 2.05) is 6.07 Å². The summed E-state index contributed by atoms with van der Waals surface area (Å²) in [7, 11) is 0. The van der Waals surface area contributed by atoms with Crippen LogP contribution in [0.4, 0.5) is 10.1 Å². The molecule has 0 unspecified atom stereocenters. The Kier molecular flexibility index (Phi) is 3.52. The average molecular weight is 204 g/mol. The van der Waals surface area contributed by atoms with E-state index in [2.05, 4.69) is 10.3 Å². The van der Waals surface area contributed by atoms with Crippen molar-refractivity contribution in [3.05, 3.63) is 36.1 Å².